The predicted octanol–water partition coefficient (Wildman–Crippen LogP) is 22.1. The molecule has 458 valence electrons. The molecule has 17 rings (SSSR count). The number of hydrogen-bond acceptors (Lipinski definition) is 2. The van der Waals surface area contributed by atoms with E-state index in [1.54, 1.807) is 18.2 Å². The number of benzene rings is 13. The number of ether oxygens (including phenoxy) is 1. The number of hydrogen-bond donors (Lipinski definition) is 0. The van der Waals surface area contributed by atoms with Crippen LogP contribution in [0.5, 0.6) is 11.5 Å². The molecule has 0 fully saturated rings. The fraction of sp³-hybridized carbons (Fsp3) is 0.143. The first kappa shape index (κ1) is 44.0. The lowest BCUT2D eigenvalue weighted by Gasteiger charge is -2.42. The van der Waals surface area contributed by atoms with Crippen molar-refractivity contribution in [3.8, 4) is 72.8 Å². The number of nitrogens with zero attached hydrogens (tertiary/aromatic N) is 2. The highest BCUT2D eigenvalue weighted by Crippen LogP contribution is 2.60. The Morgan fingerprint density at radius 1 is 0.379 bits per heavy atom. The molecule has 0 saturated carbocycles. The van der Waals surface area contributed by atoms with Crippen molar-refractivity contribution in [1.29, 1.82) is 0 Å². The highest BCUT2D eigenvalue weighted by Gasteiger charge is 2.49. The Hall–Kier alpha value is -10.7. The largest absolute Gasteiger partial charge is 0.458 e. The Morgan fingerprint density at radius 3 is 1.49 bits per heavy atom. The molecule has 0 bridgehead atoms. The maximum Gasteiger partial charge on any atom is 0.256 e. The van der Waals surface area contributed by atoms with Gasteiger partial charge in [0, 0.05) is 45.0 Å². The van der Waals surface area contributed by atoms with E-state index in [9.17, 15) is 16.4 Å². The van der Waals surface area contributed by atoms with Crippen LogP contribution in [-0.2, 0) is 21.7 Å². The summed E-state index contributed by atoms with van der Waals surface area (Å²) in [5, 5.41) is 2.19. The van der Waals surface area contributed by atoms with Crippen LogP contribution in [-0.4, -0.2) is 11.3 Å². The molecule has 0 unspecified atom stereocenters. The first-order chi connectivity index (χ1) is 52.2. The van der Waals surface area contributed by atoms with Gasteiger partial charge in [-0.2, -0.15) is 0 Å². The highest BCUT2D eigenvalue weighted by molar-refractivity contribution is 6.99. The Kier molecular flexibility index (Phi) is 10.1. The van der Waals surface area contributed by atoms with E-state index >= 15 is 0 Å². The summed E-state index contributed by atoms with van der Waals surface area (Å²) in [5.74, 6) is 0.880. The molecule has 1 aliphatic carbocycles. The summed E-state index contributed by atoms with van der Waals surface area (Å²) < 4.78 is 152. The second kappa shape index (κ2) is 21.7. The summed E-state index contributed by atoms with van der Waals surface area (Å²) in [7, 11) is 0. The molecule has 3 heterocycles. The molecule has 0 N–H and O–H groups in total. The van der Waals surface area contributed by atoms with Crippen molar-refractivity contribution in [2.75, 3.05) is 4.90 Å². The molecule has 13 aromatic carbocycles. The van der Waals surface area contributed by atoms with Gasteiger partial charge in [-0.05, 0) is 177 Å². The molecular formula is C91H75BN2O. The van der Waals surface area contributed by atoms with Crippen molar-refractivity contribution in [3.63, 3.8) is 0 Å². The van der Waals surface area contributed by atoms with Gasteiger partial charge in [-0.25, -0.2) is 0 Å². The van der Waals surface area contributed by atoms with Crippen LogP contribution in [0.1, 0.15) is 122 Å². The van der Waals surface area contributed by atoms with Gasteiger partial charge in [0.1, 0.15) is 11.5 Å². The van der Waals surface area contributed by atoms with Crippen LogP contribution >= 0.6 is 0 Å². The van der Waals surface area contributed by atoms with Crippen LogP contribution in [0.25, 0.3) is 83.1 Å². The van der Waals surface area contributed by atoms with Crippen molar-refractivity contribution in [1.82, 2.24) is 4.57 Å². The van der Waals surface area contributed by atoms with Crippen LogP contribution in [0.15, 0.2) is 291 Å². The normalized spacial score (nSPS) is 15.9. The van der Waals surface area contributed by atoms with Crippen LogP contribution in [0, 0.1) is 0 Å². The molecular weight excluding hydrogens is 1150 g/mol. The summed E-state index contributed by atoms with van der Waals surface area (Å²) in [4.78, 5) is 2.21. The smallest absolute Gasteiger partial charge is 0.256 e. The molecule has 0 amide bonds. The summed E-state index contributed by atoms with van der Waals surface area (Å²) in [6, 6.07) is 58.1. The summed E-state index contributed by atoms with van der Waals surface area (Å²) in [6.45, 7) is 19.2. The quantitative estimate of drug-likeness (QED) is 0.141. The van der Waals surface area contributed by atoms with Gasteiger partial charge in [-0.3, -0.25) is 0 Å². The maximum absolute atomic E-state index is 10.0. The van der Waals surface area contributed by atoms with E-state index in [0.29, 0.717) is 61.9 Å². The third-order valence-electron chi connectivity index (χ3n) is 19.8. The molecule has 95 heavy (non-hydrogen) atoms. The average Bonchev–Trinajstić information content (AvgIpc) is 1.44. The van der Waals surface area contributed by atoms with E-state index in [-0.39, 0.29) is 33.1 Å². The second-order valence-electron chi connectivity index (χ2n) is 28.5. The zero-order valence-electron chi connectivity index (χ0n) is 69.4. The molecule has 0 radical (unpaired) electrons. The van der Waals surface area contributed by atoms with E-state index in [1.165, 1.54) is 11.1 Å². The van der Waals surface area contributed by atoms with Gasteiger partial charge in [0.2, 0.25) is 0 Å². The van der Waals surface area contributed by atoms with Gasteiger partial charge in [0.15, 0.2) is 0 Å². The van der Waals surface area contributed by atoms with Gasteiger partial charge in [-0.15, -0.1) is 0 Å². The van der Waals surface area contributed by atoms with E-state index < -0.39 is 108 Å². The zero-order chi connectivity index (χ0) is 77.8. The van der Waals surface area contributed by atoms with Gasteiger partial charge in [0.25, 0.3) is 6.71 Å². The van der Waals surface area contributed by atoms with E-state index in [0.717, 1.165) is 71.7 Å². The van der Waals surface area contributed by atoms with Gasteiger partial charge < -0.3 is 14.2 Å². The van der Waals surface area contributed by atoms with Crippen LogP contribution in [0.4, 0.5) is 17.1 Å². The van der Waals surface area contributed by atoms with Crippen molar-refractivity contribution >= 4 is 62.0 Å². The minimum absolute atomic E-state index is 0.0468. The van der Waals surface area contributed by atoms with Crippen LogP contribution < -0.4 is 26.0 Å². The molecule has 14 aromatic rings. The topological polar surface area (TPSA) is 17.4 Å². The molecule has 0 atom stereocenters. The number of rotatable bonds is 8. The SMILES string of the molecule is [2H]c1c([2H])c([2H])c(-c2cc3c4c(c2)N(c2c(-c5ccccc5)cc(C(C)(C)C)cc2-c2ccccc2)c2cc(-c5cccc6c5C(c5c([2H])c([2H])c([2H])c([2H])c5[2H])(c5c([2H])c([2H])c([2H])c([2H])c5[2H])c5ccccc5-6)ccc2B4c2ccc(-n4c5ccc(C(C)(C)C)cc5c5cc(C(C)(C)C)ccc54)cc2O3)c([2H])c1[2H]. The van der Waals surface area contributed by atoms with Crippen LogP contribution in [0.2, 0.25) is 0 Å². The number of aromatic nitrogens is 1. The molecule has 0 spiro atoms. The highest BCUT2D eigenvalue weighted by atomic mass is 16.5. The fourth-order valence-corrected chi connectivity index (χ4v) is 15.2. The van der Waals surface area contributed by atoms with Crippen molar-refractivity contribution < 1.29 is 25.3 Å². The third-order valence-corrected chi connectivity index (χ3v) is 19.8. The molecule has 4 heteroatoms. The lowest BCUT2D eigenvalue weighted by Crippen LogP contribution is -2.59. The number of anilines is 3. The molecule has 1 aromatic heterocycles. The predicted molar refractivity (Wildman–Crippen MR) is 402 cm³/mol. The Morgan fingerprint density at radius 2 is 0.905 bits per heavy atom. The van der Waals surface area contributed by atoms with Crippen molar-refractivity contribution in [3.05, 3.63) is 330 Å². The van der Waals surface area contributed by atoms with Crippen molar-refractivity contribution in [2.24, 2.45) is 0 Å². The van der Waals surface area contributed by atoms with Crippen LogP contribution in [0.3, 0.4) is 0 Å². The monoisotopic (exact) mass is 1240 g/mol. The first-order valence-electron chi connectivity index (χ1n) is 40.0. The minimum atomic E-state index is -2.21. The van der Waals surface area contributed by atoms with E-state index in [1.807, 2.05) is 78.9 Å². The second-order valence-corrected chi connectivity index (χ2v) is 28.5. The molecule has 3 aliphatic rings. The Balaban J connectivity index is 1.03. The maximum atomic E-state index is 10.0. The summed E-state index contributed by atoms with van der Waals surface area (Å²) in [5.41, 5.74) is 13.2. The number of fused-ring (bicyclic) bond motifs is 10. The minimum Gasteiger partial charge on any atom is -0.458 e. The van der Waals surface area contributed by atoms with Gasteiger partial charge in [0.05, 0.1) is 42.7 Å². The zero-order valence-corrected chi connectivity index (χ0v) is 54.4. The molecule has 0 saturated heterocycles. The van der Waals surface area contributed by atoms with Gasteiger partial charge >= 0.3 is 0 Å². The lowest BCUT2D eigenvalue weighted by atomic mass is 9.34. The summed E-state index contributed by atoms with van der Waals surface area (Å²) >= 11 is 0. The van der Waals surface area contributed by atoms with Gasteiger partial charge in [-0.1, -0.05) is 286 Å². The Bertz CT molecular complexity index is 6060. The standard InChI is InChI=1S/C91H75BN2O/c1-88(2,3)65-43-48-79-74(53-65)75-54-66(89(4,5)6)44-49-80(75)93(79)68-45-47-78-83(57-68)95-84-52-62(58-28-15-10-16-29-58)51-82-86(84)92(78)77-46-42-61(50-81(77)94(82)87-72(59-30-17-11-18-31-59)55-67(90(7,8)9)56-73(87)60-32-19-12-20-33-60)69-39-27-40-71-70-38-25-26-41-76(70)91(85(69)71,63-34-21-13-22-35-63)64-36-23-14-24-37-64/h10-57H,1-9H3/i10D,13D,14D,15D,16D,21D,22D,23D,24D,28D,29D,34D,35D,36D,37D. The summed E-state index contributed by atoms with van der Waals surface area (Å²) in [6.07, 6.45) is 0. The van der Waals surface area contributed by atoms with E-state index in [2.05, 4.69) is 175 Å². The van der Waals surface area contributed by atoms with Crippen molar-refractivity contribution in [2.45, 2.75) is 84.0 Å². The third kappa shape index (κ3) is 9.23. The molecule has 3 nitrogen and oxygen atoms in total. The lowest BCUT2D eigenvalue weighted by molar-refractivity contribution is 0.487. The van der Waals surface area contributed by atoms with E-state index in [4.69, 9.17) is 8.85 Å². The molecule has 2 aliphatic heterocycles. The first-order valence-corrected chi connectivity index (χ1v) is 32.5. The average molecular weight is 1240 g/mol. The fourth-order valence-electron chi connectivity index (χ4n) is 15.2. The Labute approximate surface area is 580 Å².